The molecule has 0 unspecified atom stereocenters. The highest BCUT2D eigenvalue weighted by molar-refractivity contribution is 5.98. The molecule has 12 nitrogen and oxygen atoms in total. The number of anilines is 1. The number of nitrogens with zero attached hydrogens (tertiary/aromatic N) is 6. The first-order valence-electron chi connectivity index (χ1n) is 17.1. The minimum absolute atomic E-state index is 0.0967. The number of nitrogens with one attached hydrogen (secondary N) is 1. The average Bonchev–Trinajstić information content (AvgIpc) is 3.53. The van der Waals surface area contributed by atoms with Crippen molar-refractivity contribution in [3.05, 3.63) is 96.3 Å². The van der Waals surface area contributed by atoms with Crippen molar-refractivity contribution in [1.29, 1.82) is 0 Å². The van der Waals surface area contributed by atoms with E-state index >= 15 is 0 Å². The zero-order chi connectivity index (χ0) is 35.0. The summed E-state index contributed by atoms with van der Waals surface area (Å²) in [5.41, 5.74) is 10.6. The number of amides is 1. The third-order valence-corrected chi connectivity index (χ3v) is 9.36. The van der Waals surface area contributed by atoms with Crippen LogP contribution in [0.25, 0.3) is 22.3 Å². The van der Waals surface area contributed by atoms with Gasteiger partial charge in [0.15, 0.2) is 5.65 Å². The normalized spacial score (nSPS) is 18.2. The van der Waals surface area contributed by atoms with Gasteiger partial charge >= 0.3 is 0 Å². The minimum Gasteiger partial charge on any atom is -0.481 e. The number of hydrogen-bond acceptors (Lipinski definition) is 9. The first kappa shape index (κ1) is 34.5. The number of carbonyl (C=O) groups excluding carboxylic acids is 1. The van der Waals surface area contributed by atoms with Gasteiger partial charge in [0.25, 0.3) is 11.9 Å². The molecule has 0 spiro atoms. The van der Waals surface area contributed by atoms with Gasteiger partial charge in [-0.05, 0) is 86.8 Å². The summed E-state index contributed by atoms with van der Waals surface area (Å²) in [4.78, 5) is 35.4. The Morgan fingerprint density at radius 1 is 0.860 bits per heavy atom. The molecule has 2 aromatic heterocycles. The van der Waals surface area contributed by atoms with Crippen LogP contribution in [-0.2, 0) is 11.3 Å². The third-order valence-electron chi connectivity index (χ3n) is 9.36. The third kappa shape index (κ3) is 8.44. The van der Waals surface area contributed by atoms with Crippen LogP contribution in [0.15, 0.2) is 85.2 Å². The van der Waals surface area contributed by atoms with Gasteiger partial charge in [-0.2, -0.15) is 5.10 Å². The van der Waals surface area contributed by atoms with Gasteiger partial charge in [-0.25, -0.2) is 14.6 Å². The van der Waals surface area contributed by atoms with E-state index in [1.165, 1.54) is 19.2 Å². The van der Waals surface area contributed by atoms with Crippen LogP contribution in [0.4, 0.5) is 5.82 Å². The summed E-state index contributed by atoms with van der Waals surface area (Å²) in [7, 11) is 2.21. The number of nitrogens with two attached hydrogens (primary N) is 1. The number of carbonyl (C=O) groups is 2. The average molecular weight is 677 g/mol. The van der Waals surface area contributed by atoms with Crippen LogP contribution in [0.3, 0.4) is 0 Å². The first-order valence-corrected chi connectivity index (χ1v) is 17.1. The molecular formula is C38H44N8O4. The summed E-state index contributed by atoms with van der Waals surface area (Å²) in [5.74, 6) is 0.938. The monoisotopic (exact) mass is 676 g/mol. The summed E-state index contributed by atoms with van der Waals surface area (Å²) in [6.45, 7) is 6.13. The molecule has 5 aromatic rings. The second kappa shape index (κ2) is 15.9. The van der Waals surface area contributed by atoms with E-state index in [4.69, 9.17) is 25.5 Å². The van der Waals surface area contributed by atoms with Crippen LogP contribution in [0.2, 0.25) is 0 Å². The molecule has 3 heterocycles. The van der Waals surface area contributed by atoms with Crippen LogP contribution < -0.4 is 15.8 Å². The van der Waals surface area contributed by atoms with Gasteiger partial charge in [0.1, 0.15) is 29.3 Å². The molecule has 3 aromatic carbocycles. The zero-order valence-electron chi connectivity index (χ0n) is 28.5. The highest BCUT2D eigenvalue weighted by Gasteiger charge is 2.30. The number of hydrogen-bond donors (Lipinski definition) is 3. The van der Waals surface area contributed by atoms with Crippen molar-refractivity contribution in [2.45, 2.75) is 51.2 Å². The molecule has 7 rings (SSSR count). The van der Waals surface area contributed by atoms with Crippen LogP contribution >= 0.6 is 0 Å². The summed E-state index contributed by atoms with van der Waals surface area (Å²) < 4.78 is 8.22. The van der Waals surface area contributed by atoms with E-state index < -0.39 is 5.97 Å². The molecule has 2 fully saturated rings. The lowest BCUT2D eigenvalue weighted by Gasteiger charge is -2.41. The van der Waals surface area contributed by atoms with Crippen LogP contribution in [0.1, 0.15) is 54.6 Å². The highest BCUT2D eigenvalue weighted by Crippen LogP contribution is 2.37. The number of likely N-dealkylation sites (N-methyl/N-ethyl adjacent to an activating group) is 1. The van der Waals surface area contributed by atoms with E-state index in [0.29, 0.717) is 35.5 Å². The summed E-state index contributed by atoms with van der Waals surface area (Å²) in [6, 6.07) is 25.7. The van der Waals surface area contributed by atoms with Crippen molar-refractivity contribution in [3.63, 3.8) is 0 Å². The Bertz CT molecular complexity index is 1880. The number of carboxylic acid groups (broad SMARTS) is 1. The summed E-state index contributed by atoms with van der Waals surface area (Å²) in [5, 5.41) is 16.3. The van der Waals surface area contributed by atoms with Gasteiger partial charge in [0.2, 0.25) is 0 Å². The Labute approximate surface area is 291 Å². The fourth-order valence-electron chi connectivity index (χ4n) is 6.67. The molecule has 1 aliphatic carbocycles. The minimum atomic E-state index is -0.833. The smallest absolute Gasteiger partial charge is 0.300 e. The lowest BCUT2D eigenvalue weighted by molar-refractivity contribution is -0.134. The summed E-state index contributed by atoms with van der Waals surface area (Å²) >= 11 is 0. The number of piperazine rings is 1. The maximum absolute atomic E-state index is 12.3. The number of rotatable bonds is 8. The Hall–Kier alpha value is -5.33. The van der Waals surface area contributed by atoms with E-state index in [-0.39, 0.29) is 11.9 Å². The molecule has 50 heavy (non-hydrogen) atoms. The molecule has 1 amide bonds. The lowest BCUT2D eigenvalue weighted by atomic mass is 9.90. The maximum Gasteiger partial charge on any atom is 0.300 e. The van der Waals surface area contributed by atoms with Crippen LogP contribution in [0, 0.1) is 0 Å². The number of nitrogen functional groups attached to an aromatic ring is 1. The molecule has 2 aliphatic rings. The molecule has 260 valence electrons. The van der Waals surface area contributed by atoms with Crippen LogP contribution in [0.5, 0.6) is 11.5 Å². The number of carboxylic acids is 1. The van der Waals surface area contributed by atoms with Crippen molar-refractivity contribution in [1.82, 2.24) is 34.9 Å². The highest BCUT2D eigenvalue weighted by atomic mass is 16.5. The van der Waals surface area contributed by atoms with Crippen molar-refractivity contribution in [2.75, 3.05) is 39.0 Å². The van der Waals surface area contributed by atoms with Crippen molar-refractivity contribution >= 4 is 28.7 Å². The van der Waals surface area contributed by atoms with E-state index in [9.17, 15) is 4.79 Å². The van der Waals surface area contributed by atoms with E-state index in [0.717, 1.165) is 73.8 Å². The fraction of sp³-hybridized carbons (Fsp3) is 0.342. The molecule has 1 saturated carbocycles. The van der Waals surface area contributed by atoms with Gasteiger partial charge in [0, 0.05) is 56.8 Å². The Kier molecular flexibility index (Phi) is 11.0. The molecule has 1 aliphatic heterocycles. The van der Waals surface area contributed by atoms with Crippen molar-refractivity contribution in [3.8, 4) is 22.8 Å². The predicted molar refractivity (Wildman–Crippen MR) is 193 cm³/mol. The second-order valence-corrected chi connectivity index (χ2v) is 12.9. The van der Waals surface area contributed by atoms with Gasteiger partial charge in [-0.3, -0.25) is 14.5 Å². The standard InChI is InChI=1S/C36H40N8O2.C2H4O2/c1-42-19-21-43(22-20-42)28-11-13-29(14-12-28)44-35-32(34(37)39-24-40-35)33(41-44)26-9-17-31(18-10-26)46-30-15-7-25(8-16-30)23-38-36(45)27-5-3-2-4-6-27;1-2(3)4/h2-10,15-18,24,28-29H,11-14,19-23H2,1H3,(H,38,45)(H2,37,39,40);1H3,(H,3,4). The Morgan fingerprint density at radius 3 is 2.10 bits per heavy atom. The van der Waals surface area contributed by atoms with Gasteiger partial charge < -0.3 is 25.8 Å². The predicted octanol–water partition coefficient (Wildman–Crippen LogP) is 5.62. The molecule has 0 bridgehead atoms. The maximum atomic E-state index is 12.3. The molecule has 0 radical (unpaired) electrons. The van der Waals surface area contributed by atoms with Gasteiger partial charge in [-0.15, -0.1) is 0 Å². The second-order valence-electron chi connectivity index (χ2n) is 12.9. The van der Waals surface area contributed by atoms with Gasteiger partial charge in [-0.1, -0.05) is 30.3 Å². The molecular weight excluding hydrogens is 632 g/mol. The quantitative estimate of drug-likeness (QED) is 0.189. The Morgan fingerprint density at radius 2 is 1.46 bits per heavy atom. The lowest BCUT2D eigenvalue weighted by Crippen LogP contribution is -2.49. The number of benzene rings is 3. The van der Waals surface area contributed by atoms with E-state index in [1.54, 1.807) is 12.1 Å². The molecule has 4 N–H and O–H groups in total. The largest absolute Gasteiger partial charge is 0.481 e. The van der Waals surface area contributed by atoms with Crippen LogP contribution in [-0.4, -0.2) is 85.8 Å². The van der Waals surface area contributed by atoms with Crippen molar-refractivity contribution < 1.29 is 19.4 Å². The SMILES string of the molecule is CC(=O)O.CN1CCN(C2CCC(n3nc(-c4ccc(Oc5ccc(CNC(=O)c6ccccc6)cc5)cc4)c4c(N)ncnc43)CC2)CC1. The number of aromatic nitrogens is 4. The van der Waals surface area contributed by atoms with E-state index in [2.05, 4.69) is 36.8 Å². The number of aliphatic carboxylic acids is 1. The first-order chi connectivity index (χ1) is 24.2. The molecule has 1 saturated heterocycles. The Balaban J connectivity index is 0.00000103. The van der Waals surface area contributed by atoms with Crippen molar-refractivity contribution in [2.24, 2.45) is 0 Å². The molecule has 12 heteroatoms. The summed E-state index contributed by atoms with van der Waals surface area (Å²) in [6.07, 6.45) is 6.01. The fourth-order valence-corrected chi connectivity index (χ4v) is 6.67. The molecule has 0 atom stereocenters. The van der Waals surface area contributed by atoms with Gasteiger partial charge in [0.05, 0.1) is 11.4 Å². The number of ether oxygens (including phenoxy) is 1. The zero-order valence-corrected chi connectivity index (χ0v) is 28.5. The topological polar surface area (TPSA) is 152 Å². The number of fused-ring (bicyclic) bond motifs is 1. The van der Waals surface area contributed by atoms with E-state index in [1.807, 2.05) is 66.7 Å².